The van der Waals surface area contributed by atoms with Gasteiger partial charge >= 0.3 is 0 Å². The number of carbonyl (C=O) groups excluding carboxylic acids is 1. The zero-order valence-electron chi connectivity index (χ0n) is 10.5. The molecule has 1 fully saturated rings. The van der Waals surface area contributed by atoms with E-state index in [1.807, 2.05) is 24.3 Å². The first kappa shape index (κ1) is 13.4. The van der Waals surface area contributed by atoms with Gasteiger partial charge in [0.05, 0.1) is 0 Å². The minimum atomic E-state index is -0.0333. The number of rotatable bonds is 4. The van der Waals surface area contributed by atoms with Gasteiger partial charge in [0.2, 0.25) is 0 Å². The van der Waals surface area contributed by atoms with Gasteiger partial charge in [0.25, 0.3) is 5.91 Å². The Morgan fingerprint density at radius 2 is 2.33 bits per heavy atom. The van der Waals surface area contributed by atoms with E-state index in [-0.39, 0.29) is 12.5 Å². The molecule has 0 spiro atoms. The first-order chi connectivity index (χ1) is 8.63. The highest BCUT2D eigenvalue weighted by atomic mass is 79.9. The van der Waals surface area contributed by atoms with E-state index < -0.39 is 0 Å². The van der Waals surface area contributed by atoms with Crippen molar-refractivity contribution in [2.24, 2.45) is 5.92 Å². The van der Waals surface area contributed by atoms with Crippen LogP contribution in [0.4, 0.5) is 0 Å². The molecule has 0 heterocycles. The second kappa shape index (κ2) is 6.23. The molecule has 0 radical (unpaired) electrons. The summed E-state index contributed by atoms with van der Waals surface area (Å²) in [5.74, 6) is 1.40. The summed E-state index contributed by atoms with van der Waals surface area (Å²) in [4.78, 5) is 11.7. The number of carbonyl (C=O) groups is 1. The highest BCUT2D eigenvalue weighted by Crippen LogP contribution is 2.24. The Morgan fingerprint density at radius 3 is 3.00 bits per heavy atom. The SMILES string of the molecule is CC1CCC(NC(=O)COc2cccc(Br)c2)C1. The molecule has 1 N–H and O–H groups in total. The van der Waals surface area contributed by atoms with Crippen molar-refractivity contribution in [2.75, 3.05) is 6.61 Å². The van der Waals surface area contributed by atoms with E-state index in [1.54, 1.807) is 0 Å². The van der Waals surface area contributed by atoms with E-state index in [2.05, 4.69) is 28.2 Å². The van der Waals surface area contributed by atoms with Crippen LogP contribution in [0.5, 0.6) is 5.75 Å². The zero-order valence-corrected chi connectivity index (χ0v) is 12.1. The molecule has 2 rings (SSSR count). The van der Waals surface area contributed by atoms with Crippen LogP contribution in [0.1, 0.15) is 26.2 Å². The number of hydrogen-bond acceptors (Lipinski definition) is 2. The second-order valence-electron chi connectivity index (χ2n) is 4.93. The normalized spacial score (nSPS) is 22.8. The van der Waals surface area contributed by atoms with E-state index >= 15 is 0 Å². The molecule has 2 atom stereocenters. The van der Waals surface area contributed by atoms with Crippen molar-refractivity contribution >= 4 is 21.8 Å². The van der Waals surface area contributed by atoms with Crippen LogP contribution in [0.3, 0.4) is 0 Å². The van der Waals surface area contributed by atoms with Crippen LogP contribution < -0.4 is 10.1 Å². The number of hydrogen-bond donors (Lipinski definition) is 1. The fourth-order valence-electron chi connectivity index (χ4n) is 2.31. The van der Waals surface area contributed by atoms with Crippen LogP contribution in [0.15, 0.2) is 28.7 Å². The van der Waals surface area contributed by atoms with Gasteiger partial charge in [-0.15, -0.1) is 0 Å². The molecule has 1 saturated carbocycles. The standard InChI is InChI=1S/C14H18BrNO2/c1-10-5-6-12(7-10)16-14(17)9-18-13-4-2-3-11(15)8-13/h2-4,8,10,12H,5-7,9H2,1H3,(H,16,17). The Bertz CT molecular complexity index is 422. The summed E-state index contributed by atoms with van der Waals surface area (Å²) >= 11 is 3.37. The Labute approximate surface area is 116 Å². The van der Waals surface area contributed by atoms with Gasteiger partial charge in [-0.25, -0.2) is 0 Å². The van der Waals surface area contributed by atoms with Gasteiger partial charge in [-0.3, -0.25) is 4.79 Å². The van der Waals surface area contributed by atoms with Crippen molar-refractivity contribution < 1.29 is 9.53 Å². The van der Waals surface area contributed by atoms with Crippen LogP contribution in [-0.2, 0) is 4.79 Å². The molecule has 3 nitrogen and oxygen atoms in total. The molecule has 4 heteroatoms. The molecule has 98 valence electrons. The Hall–Kier alpha value is -1.03. The molecule has 0 bridgehead atoms. The molecule has 1 aromatic rings. The highest BCUT2D eigenvalue weighted by molar-refractivity contribution is 9.10. The summed E-state index contributed by atoms with van der Waals surface area (Å²) in [6.07, 6.45) is 3.38. The molecule has 1 aliphatic carbocycles. The molecule has 0 saturated heterocycles. The van der Waals surface area contributed by atoms with Crippen LogP contribution in [0, 0.1) is 5.92 Å². The third-order valence-corrected chi connectivity index (χ3v) is 3.72. The summed E-state index contributed by atoms with van der Waals surface area (Å²) in [6.45, 7) is 2.31. The van der Waals surface area contributed by atoms with Crippen molar-refractivity contribution in [2.45, 2.75) is 32.2 Å². The second-order valence-corrected chi connectivity index (χ2v) is 5.84. The van der Waals surface area contributed by atoms with Crippen LogP contribution in [-0.4, -0.2) is 18.6 Å². The molecular weight excluding hydrogens is 294 g/mol. The van der Waals surface area contributed by atoms with E-state index in [0.717, 1.165) is 23.2 Å². The van der Waals surface area contributed by atoms with Gasteiger partial charge in [0.1, 0.15) is 5.75 Å². The van der Waals surface area contributed by atoms with Crippen LogP contribution in [0.2, 0.25) is 0 Å². The van der Waals surface area contributed by atoms with Crippen molar-refractivity contribution in [1.82, 2.24) is 5.32 Å². The molecule has 18 heavy (non-hydrogen) atoms. The number of halogens is 1. The number of nitrogens with one attached hydrogen (secondary N) is 1. The highest BCUT2D eigenvalue weighted by Gasteiger charge is 2.22. The Morgan fingerprint density at radius 1 is 1.50 bits per heavy atom. The maximum absolute atomic E-state index is 11.7. The molecule has 2 unspecified atom stereocenters. The lowest BCUT2D eigenvalue weighted by molar-refractivity contribution is -0.123. The molecule has 1 aromatic carbocycles. The lowest BCUT2D eigenvalue weighted by Crippen LogP contribution is -2.36. The topological polar surface area (TPSA) is 38.3 Å². The van der Waals surface area contributed by atoms with E-state index in [0.29, 0.717) is 11.8 Å². The van der Waals surface area contributed by atoms with E-state index in [4.69, 9.17) is 4.74 Å². The van der Waals surface area contributed by atoms with E-state index in [9.17, 15) is 4.79 Å². The van der Waals surface area contributed by atoms with Crippen molar-refractivity contribution in [3.63, 3.8) is 0 Å². The first-order valence-electron chi connectivity index (χ1n) is 6.31. The minimum absolute atomic E-state index is 0.0333. The fourth-order valence-corrected chi connectivity index (χ4v) is 2.69. The summed E-state index contributed by atoms with van der Waals surface area (Å²) in [6, 6.07) is 7.84. The van der Waals surface area contributed by atoms with Gasteiger partial charge in [-0.2, -0.15) is 0 Å². The average Bonchev–Trinajstić information content (AvgIpc) is 2.72. The molecular formula is C14H18BrNO2. The maximum Gasteiger partial charge on any atom is 0.258 e. The summed E-state index contributed by atoms with van der Waals surface area (Å²) in [5.41, 5.74) is 0. The summed E-state index contributed by atoms with van der Waals surface area (Å²) < 4.78 is 6.39. The summed E-state index contributed by atoms with van der Waals surface area (Å²) in [5, 5.41) is 3.02. The van der Waals surface area contributed by atoms with Gasteiger partial charge in [0, 0.05) is 10.5 Å². The predicted octanol–water partition coefficient (Wildman–Crippen LogP) is 3.13. The Kier molecular flexibility index (Phi) is 4.64. The lowest BCUT2D eigenvalue weighted by atomic mass is 10.1. The quantitative estimate of drug-likeness (QED) is 0.927. The van der Waals surface area contributed by atoms with Gasteiger partial charge in [-0.05, 0) is 43.4 Å². The monoisotopic (exact) mass is 311 g/mol. The number of amides is 1. The van der Waals surface area contributed by atoms with Gasteiger partial charge in [-0.1, -0.05) is 28.9 Å². The van der Waals surface area contributed by atoms with Crippen molar-refractivity contribution in [1.29, 1.82) is 0 Å². The molecule has 1 aliphatic rings. The van der Waals surface area contributed by atoms with Crippen molar-refractivity contribution in [3.05, 3.63) is 28.7 Å². The van der Waals surface area contributed by atoms with Crippen molar-refractivity contribution in [3.8, 4) is 5.75 Å². The Balaban J connectivity index is 1.75. The van der Waals surface area contributed by atoms with Gasteiger partial charge < -0.3 is 10.1 Å². The minimum Gasteiger partial charge on any atom is -0.484 e. The van der Waals surface area contributed by atoms with Crippen LogP contribution in [0.25, 0.3) is 0 Å². The number of ether oxygens (including phenoxy) is 1. The third kappa shape index (κ3) is 4.02. The molecule has 1 amide bonds. The average molecular weight is 312 g/mol. The predicted molar refractivity (Wildman–Crippen MR) is 74.6 cm³/mol. The number of benzene rings is 1. The molecule has 0 aliphatic heterocycles. The van der Waals surface area contributed by atoms with E-state index in [1.165, 1.54) is 6.42 Å². The zero-order chi connectivity index (χ0) is 13.0. The third-order valence-electron chi connectivity index (χ3n) is 3.23. The smallest absolute Gasteiger partial charge is 0.258 e. The summed E-state index contributed by atoms with van der Waals surface area (Å²) in [7, 11) is 0. The van der Waals surface area contributed by atoms with Crippen LogP contribution >= 0.6 is 15.9 Å². The van der Waals surface area contributed by atoms with Gasteiger partial charge in [0.15, 0.2) is 6.61 Å². The largest absolute Gasteiger partial charge is 0.484 e. The fraction of sp³-hybridized carbons (Fsp3) is 0.500. The maximum atomic E-state index is 11.7. The first-order valence-corrected chi connectivity index (χ1v) is 7.10. The lowest BCUT2D eigenvalue weighted by Gasteiger charge is -2.13. The molecule has 0 aromatic heterocycles.